The van der Waals surface area contributed by atoms with E-state index in [1.54, 1.807) is 4.90 Å². The Morgan fingerprint density at radius 2 is 1.80 bits per heavy atom. The van der Waals surface area contributed by atoms with Crippen LogP contribution < -0.4 is 10.6 Å². The average molecular weight is 360 g/mol. The van der Waals surface area contributed by atoms with Crippen molar-refractivity contribution in [3.05, 3.63) is 65.2 Å². The standard InChI is InChI=1S/C19H22ClN3O2/c1-15(24)23(12-10-16-6-5-7-17(20)14-16)13-11-21-19(25)22-18-8-3-2-4-9-18/h2-9,14H,10-13H2,1H3,(H2,21,22,25). The summed E-state index contributed by atoms with van der Waals surface area (Å²) in [4.78, 5) is 25.3. The third-order valence-corrected chi connectivity index (χ3v) is 3.94. The predicted molar refractivity (Wildman–Crippen MR) is 101 cm³/mol. The summed E-state index contributed by atoms with van der Waals surface area (Å²) >= 11 is 5.97. The van der Waals surface area contributed by atoms with Crippen LogP contribution in [-0.2, 0) is 11.2 Å². The number of hydrogen-bond acceptors (Lipinski definition) is 2. The lowest BCUT2D eigenvalue weighted by molar-refractivity contribution is -0.128. The zero-order chi connectivity index (χ0) is 18.1. The van der Waals surface area contributed by atoms with Gasteiger partial charge >= 0.3 is 6.03 Å². The molecule has 3 amide bonds. The molecule has 2 N–H and O–H groups in total. The molecule has 2 rings (SSSR count). The Labute approximate surface area is 153 Å². The smallest absolute Gasteiger partial charge is 0.319 e. The van der Waals surface area contributed by atoms with Gasteiger partial charge in [0.15, 0.2) is 0 Å². The number of para-hydroxylation sites is 1. The van der Waals surface area contributed by atoms with Crippen LogP contribution >= 0.6 is 11.6 Å². The van der Waals surface area contributed by atoms with Gasteiger partial charge in [-0.25, -0.2) is 4.79 Å². The quantitative estimate of drug-likeness (QED) is 0.794. The Morgan fingerprint density at radius 1 is 1.04 bits per heavy atom. The number of hydrogen-bond donors (Lipinski definition) is 2. The first kappa shape index (κ1) is 18.8. The minimum absolute atomic E-state index is 0.0210. The fourth-order valence-corrected chi connectivity index (χ4v) is 2.60. The molecule has 2 aromatic rings. The molecule has 2 aromatic carbocycles. The first-order valence-electron chi connectivity index (χ1n) is 8.14. The molecule has 0 aromatic heterocycles. The molecule has 0 aliphatic heterocycles. The Morgan fingerprint density at radius 3 is 2.48 bits per heavy atom. The molecule has 0 unspecified atom stereocenters. The van der Waals surface area contributed by atoms with Gasteiger partial charge in [0.25, 0.3) is 0 Å². The maximum absolute atomic E-state index is 11.8. The van der Waals surface area contributed by atoms with E-state index < -0.39 is 0 Å². The van der Waals surface area contributed by atoms with Crippen molar-refractivity contribution < 1.29 is 9.59 Å². The van der Waals surface area contributed by atoms with E-state index in [9.17, 15) is 9.59 Å². The topological polar surface area (TPSA) is 61.4 Å². The van der Waals surface area contributed by atoms with Crippen molar-refractivity contribution in [1.29, 1.82) is 0 Å². The summed E-state index contributed by atoms with van der Waals surface area (Å²) in [7, 11) is 0. The van der Waals surface area contributed by atoms with Gasteiger partial charge in [0.1, 0.15) is 0 Å². The van der Waals surface area contributed by atoms with Gasteiger partial charge in [0.2, 0.25) is 5.91 Å². The monoisotopic (exact) mass is 359 g/mol. The van der Waals surface area contributed by atoms with Crippen molar-refractivity contribution in [1.82, 2.24) is 10.2 Å². The fraction of sp³-hybridized carbons (Fsp3) is 0.263. The second kappa shape index (κ2) is 9.69. The summed E-state index contributed by atoms with van der Waals surface area (Å²) < 4.78 is 0. The van der Waals surface area contributed by atoms with E-state index in [2.05, 4.69) is 10.6 Å². The van der Waals surface area contributed by atoms with E-state index in [1.807, 2.05) is 54.6 Å². The number of rotatable bonds is 7. The Bertz CT molecular complexity index is 707. The van der Waals surface area contributed by atoms with E-state index in [0.717, 1.165) is 17.7 Å². The number of nitrogens with one attached hydrogen (secondary N) is 2. The Hall–Kier alpha value is -2.53. The number of carbonyl (C=O) groups excluding carboxylic acids is 2. The van der Waals surface area contributed by atoms with E-state index in [0.29, 0.717) is 24.7 Å². The highest BCUT2D eigenvalue weighted by atomic mass is 35.5. The normalized spacial score (nSPS) is 10.2. The van der Waals surface area contributed by atoms with Crippen molar-refractivity contribution >= 4 is 29.2 Å². The van der Waals surface area contributed by atoms with Crippen molar-refractivity contribution in [2.24, 2.45) is 0 Å². The van der Waals surface area contributed by atoms with E-state index in [-0.39, 0.29) is 11.9 Å². The average Bonchev–Trinajstić information content (AvgIpc) is 2.58. The van der Waals surface area contributed by atoms with E-state index in [1.165, 1.54) is 6.92 Å². The molecule has 132 valence electrons. The summed E-state index contributed by atoms with van der Waals surface area (Å²) in [6.07, 6.45) is 0.719. The number of anilines is 1. The maximum Gasteiger partial charge on any atom is 0.319 e. The van der Waals surface area contributed by atoms with Crippen LogP contribution in [-0.4, -0.2) is 36.5 Å². The maximum atomic E-state index is 11.8. The molecule has 25 heavy (non-hydrogen) atoms. The minimum Gasteiger partial charge on any atom is -0.341 e. The molecule has 5 nitrogen and oxygen atoms in total. The molecule has 0 radical (unpaired) electrons. The summed E-state index contributed by atoms with van der Waals surface area (Å²) in [6, 6.07) is 16.5. The van der Waals surface area contributed by atoms with Gasteiger partial charge in [0.05, 0.1) is 0 Å². The predicted octanol–water partition coefficient (Wildman–Crippen LogP) is 3.55. The van der Waals surface area contributed by atoms with Crippen LogP contribution in [0.2, 0.25) is 5.02 Å². The Kier molecular flexibility index (Phi) is 7.29. The summed E-state index contributed by atoms with van der Waals surface area (Å²) in [5.41, 5.74) is 1.80. The van der Waals surface area contributed by atoms with Crippen LogP contribution in [0.25, 0.3) is 0 Å². The van der Waals surface area contributed by atoms with Crippen LogP contribution in [0.15, 0.2) is 54.6 Å². The third kappa shape index (κ3) is 6.85. The van der Waals surface area contributed by atoms with Crippen LogP contribution in [0.3, 0.4) is 0 Å². The van der Waals surface area contributed by atoms with Crippen LogP contribution in [0.4, 0.5) is 10.5 Å². The van der Waals surface area contributed by atoms with Crippen LogP contribution in [0.1, 0.15) is 12.5 Å². The molecular weight excluding hydrogens is 338 g/mol. The molecule has 0 fully saturated rings. The zero-order valence-electron chi connectivity index (χ0n) is 14.2. The second-order valence-corrected chi connectivity index (χ2v) is 6.07. The minimum atomic E-state index is -0.287. The van der Waals surface area contributed by atoms with Gasteiger partial charge < -0.3 is 15.5 Å². The van der Waals surface area contributed by atoms with Gasteiger partial charge in [-0.2, -0.15) is 0 Å². The van der Waals surface area contributed by atoms with Gasteiger partial charge in [-0.05, 0) is 36.2 Å². The first-order valence-corrected chi connectivity index (χ1v) is 8.52. The van der Waals surface area contributed by atoms with Crippen molar-refractivity contribution in [3.63, 3.8) is 0 Å². The van der Waals surface area contributed by atoms with Gasteiger partial charge in [-0.15, -0.1) is 0 Å². The molecule has 0 atom stereocenters. The van der Waals surface area contributed by atoms with Gasteiger partial charge in [0, 0.05) is 37.3 Å². The SMILES string of the molecule is CC(=O)N(CCNC(=O)Nc1ccccc1)CCc1cccc(Cl)c1. The summed E-state index contributed by atoms with van der Waals surface area (Å²) in [6.45, 7) is 2.95. The number of benzene rings is 2. The highest BCUT2D eigenvalue weighted by molar-refractivity contribution is 6.30. The first-order chi connectivity index (χ1) is 12.0. The lowest BCUT2D eigenvalue weighted by Crippen LogP contribution is -2.39. The van der Waals surface area contributed by atoms with Crippen molar-refractivity contribution in [3.8, 4) is 0 Å². The number of nitrogens with zero attached hydrogens (tertiary/aromatic N) is 1. The lowest BCUT2D eigenvalue weighted by Gasteiger charge is -2.21. The van der Waals surface area contributed by atoms with E-state index in [4.69, 9.17) is 11.6 Å². The molecule has 0 bridgehead atoms. The number of amides is 3. The Balaban J connectivity index is 1.75. The van der Waals surface area contributed by atoms with E-state index >= 15 is 0 Å². The molecule has 6 heteroatoms. The second-order valence-electron chi connectivity index (χ2n) is 5.63. The van der Waals surface area contributed by atoms with Crippen LogP contribution in [0, 0.1) is 0 Å². The molecule has 0 aliphatic rings. The van der Waals surface area contributed by atoms with Crippen molar-refractivity contribution in [2.75, 3.05) is 25.0 Å². The molecule has 0 spiro atoms. The number of carbonyl (C=O) groups is 2. The van der Waals surface area contributed by atoms with Crippen molar-refractivity contribution in [2.45, 2.75) is 13.3 Å². The fourth-order valence-electron chi connectivity index (χ4n) is 2.38. The van der Waals surface area contributed by atoms with Crippen LogP contribution in [0.5, 0.6) is 0 Å². The summed E-state index contributed by atoms with van der Waals surface area (Å²) in [5, 5.41) is 6.19. The highest BCUT2D eigenvalue weighted by Crippen LogP contribution is 2.11. The molecule has 0 aliphatic carbocycles. The molecule has 0 saturated heterocycles. The largest absolute Gasteiger partial charge is 0.341 e. The number of urea groups is 1. The zero-order valence-corrected chi connectivity index (χ0v) is 14.9. The third-order valence-electron chi connectivity index (χ3n) is 3.70. The molecule has 0 saturated carbocycles. The molecular formula is C19H22ClN3O2. The number of halogens is 1. The van der Waals surface area contributed by atoms with Gasteiger partial charge in [-0.3, -0.25) is 4.79 Å². The molecule has 0 heterocycles. The van der Waals surface area contributed by atoms with Gasteiger partial charge in [-0.1, -0.05) is 41.9 Å². The highest BCUT2D eigenvalue weighted by Gasteiger charge is 2.09. The summed E-state index contributed by atoms with van der Waals surface area (Å²) in [5.74, 6) is -0.0210. The lowest BCUT2D eigenvalue weighted by atomic mass is 10.1.